The molecule has 2 rings (SSSR count). The first-order chi connectivity index (χ1) is 9.15. The fourth-order valence-electron chi connectivity index (χ4n) is 2.12. The minimum Gasteiger partial charge on any atom is -0.271 e. The third-order valence-corrected chi connectivity index (χ3v) is 5.04. The van der Waals surface area contributed by atoms with Crippen molar-refractivity contribution in [1.82, 2.24) is 5.43 Å². The van der Waals surface area contributed by atoms with Crippen molar-refractivity contribution in [2.75, 3.05) is 0 Å². The van der Waals surface area contributed by atoms with Crippen molar-refractivity contribution >= 4 is 22.9 Å². The molecule has 0 fully saturated rings. The van der Waals surface area contributed by atoms with Gasteiger partial charge in [-0.3, -0.25) is 11.3 Å². The maximum absolute atomic E-state index is 6.37. The van der Waals surface area contributed by atoms with Crippen LogP contribution in [0.2, 0.25) is 5.02 Å². The number of halogens is 1. The lowest BCUT2D eigenvalue weighted by atomic mass is 10.0. The molecule has 1 atom stereocenters. The third kappa shape index (κ3) is 3.37. The van der Waals surface area contributed by atoms with Gasteiger partial charge in [-0.15, -0.1) is 11.3 Å². The molecular formula is C15H19ClN2S. The molecule has 0 aliphatic carbocycles. The summed E-state index contributed by atoms with van der Waals surface area (Å²) in [7, 11) is 0. The van der Waals surface area contributed by atoms with Crippen LogP contribution < -0.4 is 11.3 Å². The molecule has 4 heteroatoms. The zero-order valence-electron chi connectivity index (χ0n) is 11.2. The fourth-order valence-corrected chi connectivity index (χ4v) is 3.38. The van der Waals surface area contributed by atoms with Crippen molar-refractivity contribution in [3.8, 4) is 0 Å². The summed E-state index contributed by atoms with van der Waals surface area (Å²) in [5.41, 5.74) is 5.03. The van der Waals surface area contributed by atoms with E-state index in [2.05, 4.69) is 24.5 Å². The Bertz CT molecular complexity index is 551. The van der Waals surface area contributed by atoms with E-state index in [9.17, 15) is 0 Å². The van der Waals surface area contributed by atoms with Crippen molar-refractivity contribution in [1.29, 1.82) is 0 Å². The minimum atomic E-state index is 0.0516. The van der Waals surface area contributed by atoms with Crippen LogP contribution in [-0.2, 0) is 12.8 Å². The highest BCUT2D eigenvalue weighted by Crippen LogP contribution is 2.29. The molecule has 1 aromatic heterocycles. The van der Waals surface area contributed by atoms with Gasteiger partial charge in [0.1, 0.15) is 0 Å². The van der Waals surface area contributed by atoms with Crippen LogP contribution in [0.4, 0.5) is 0 Å². The molecule has 0 radical (unpaired) electrons. The highest BCUT2D eigenvalue weighted by atomic mass is 35.5. The van der Waals surface area contributed by atoms with Crippen LogP contribution in [0.3, 0.4) is 0 Å². The van der Waals surface area contributed by atoms with Crippen LogP contribution in [0.1, 0.15) is 33.8 Å². The molecule has 0 saturated carbocycles. The van der Waals surface area contributed by atoms with Crippen LogP contribution in [0.15, 0.2) is 30.3 Å². The molecule has 2 nitrogen and oxygen atoms in total. The Kier molecular flexibility index (Phi) is 4.99. The molecule has 2 aromatic rings. The molecule has 0 saturated heterocycles. The molecule has 1 unspecified atom stereocenters. The largest absolute Gasteiger partial charge is 0.271 e. The lowest BCUT2D eigenvalue weighted by molar-refractivity contribution is 0.555. The van der Waals surface area contributed by atoms with Gasteiger partial charge >= 0.3 is 0 Å². The number of hydrazine groups is 1. The van der Waals surface area contributed by atoms with Gasteiger partial charge in [0.05, 0.1) is 6.04 Å². The maximum Gasteiger partial charge on any atom is 0.0522 e. The number of hydrogen-bond donors (Lipinski definition) is 2. The summed E-state index contributed by atoms with van der Waals surface area (Å²) in [4.78, 5) is 2.73. The van der Waals surface area contributed by atoms with Gasteiger partial charge in [-0.2, -0.15) is 0 Å². The number of benzene rings is 1. The topological polar surface area (TPSA) is 38.0 Å². The molecular weight excluding hydrogens is 276 g/mol. The summed E-state index contributed by atoms with van der Waals surface area (Å²) in [6, 6.07) is 10.5. The SMILES string of the molecule is CCc1ccc(CC(NN)c2cccc(C)c2Cl)s1. The van der Waals surface area contributed by atoms with E-state index < -0.39 is 0 Å². The summed E-state index contributed by atoms with van der Waals surface area (Å²) in [6.45, 7) is 4.19. The minimum absolute atomic E-state index is 0.0516. The van der Waals surface area contributed by atoms with Crippen molar-refractivity contribution in [2.24, 2.45) is 5.84 Å². The molecule has 19 heavy (non-hydrogen) atoms. The van der Waals surface area contributed by atoms with Gasteiger partial charge in [0, 0.05) is 21.2 Å². The van der Waals surface area contributed by atoms with E-state index in [0.717, 1.165) is 29.0 Å². The predicted molar refractivity (Wildman–Crippen MR) is 83.7 cm³/mol. The zero-order chi connectivity index (χ0) is 13.8. The highest BCUT2D eigenvalue weighted by Gasteiger charge is 2.15. The van der Waals surface area contributed by atoms with Gasteiger partial charge in [0.15, 0.2) is 0 Å². The lowest BCUT2D eigenvalue weighted by Gasteiger charge is -2.18. The van der Waals surface area contributed by atoms with Crippen molar-refractivity contribution < 1.29 is 0 Å². The van der Waals surface area contributed by atoms with E-state index in [4.69, 9.17) is 17.4 Å². The third-order valence-electron chi connectivity index (χ3n) is 3.27. The Morgan fingerprint density at radius 2 is 2.00 bits per heavy atom. The molecule has 1 aromatic carbocycles. The molecule has 0 aliphatic rings. The highest BCUT2D eigenvalue weighted by molar-refractivity contribution is 7.11. The second-order valence-corrected chi connectivity index (χ2v) is 6.25. The number of hydrogen-bond acceptors (Lipinski definition) is 3. The molecule has 0 aliphatic heterocycles. The van der Waals surface area contributed by atoms with E-state index in [1.54, 1.807) is 0 Å². The van der Waals surface area contributed by atoms with Gasteiger partial charge in [-0.05, 0) is 36.6 Å². The quantitative estimate of drug-likeness (QED) is 0.646. The molecule has 0 spiro atoms. The van der Waals surface area contributed by atoms with Crippen LogP contribution in [0, 0.1) is 6.92 Å². The van der Waals surface area contributed by atoms with E-state index >= 15 is 0 Å². The van der Waals surface area contributed by atoms with Gasteiger partial charge in [-0.25, -0.2) is 0 Å². The van der Waals surface area contributed by atoms with Crippen LogP contribution in [0.25, 0.3) is 0 Å². The van der Waals surface area contributed by atoms with E-state index in [-0.39, 0.29) is 6.04 Å². The Balaban J connectivity index is 2.22. The molecule has 0 amide bonds. The Morgan fingerprint density at radius 3 is 2.63 bits per heavy atom. The van der Waals surface area contributed by atoms with Crippen LogP contribution >= 0.6 is 22.9 Å². The smallest absolute Gasteiger partial charge is 0.0522 e. The number of nitrogens with two attached hydrogens (primary N) is 1. The second-order valence-electron chi connectivity index (χ2n) is 4.62. The molecule has 0 bridgehead atoms. The number of thiophene rings is 1. The molecule has 1 heterocycles. The van der Waals surface area contributed by atoms with Gasteiger partial charge in [0.25, 0.3) is 0 Å². The van der Waals surface area contributed by atoms with Crippen molar-refractivity contribution in [2.45, 2.75) is 32.7 Å². The van der Waals surface area contributed by atoms with Crippen LogP contribution in [0.5, 0.6) is 0 Å². The van der Waals surface area contributed by atoms with Crippen LogP contribution in [-0.4, -0.2) is 0 Å². The monoisotopic (exact) mass is 294 g/mol. The van der Waals surface area contributed by atoms with E-state index in [1.807, 2.05) is 36.5 Å². The first-order valence-electron chi connectivity index (χ1n) is 6.44. The number of nitrogens with one attached hydrogen (secondary N) is 1. The Hall–Kier alpha value is -0.870. The molecule has 3 N–H and O–H groups in total. The number of rotatable bonds is 5. The van der Waals surface area contributed by atoms with E-state index in [0.29, 0.717) is 0 Å². The van der Waals surface area contributed by atoms with Gasteiger partial charge < -0.3 is 0 Å². The predicted octanol–water partition coefficient (Wildman–Crippen LogP) is 4.02. The fraction of sp³-hybridized carbons (Fsp3) is 0.333. The standard InChI is InChI=1S/C15H19ClN2S/c1-3-11-7-8-12(19-11)9-14(18-17)13-6-4-5-10(2)15(13)16/h4-8,14,18H,3,9,17H2,1-2H3. The lowest BCUT2D eigenvalue weighted by Crippen LogP contribution is -2.29. The van der Waals surface area contributed by atoms with Gasteiger partial charge in [-0.1, -0.05) is 36.7 Å². The summed E-state index contributed by atoms with van der Waals surface area (Å²) in [5.74, 6) is 5.71. The first-order valence-corrected chi connectivity index (χ1v) is 7.63. The zero-order valence-corrected chi connectivity index (χ0v) is 12.8. The average Bonchev–Trinajstić information content (AvgIpc) is 2.87. The average molecular weight is 295 g/mol. The summed E-state index contributed by atoms with van der Waals surface area (Å²) < 4.78 is 0. The Morgan fingerprint density at radius 1 is 1.26 bits per heavy atom. The summed E-state index contributed by atoms with van der Waals surface area (Å²) in [6.07, 6.45) is 1.95. The maximum atomic E-state index is 6.37. The first kappa shape index (κ1) is 14.5. The van der Waals surface area contributed by atoms with Crippen molar-refractivity contribution in [3.63, 3.8) is 0 Å². The number of aryl methyl sites for hydroxylation is 2. The normalized spacial score (nSPS) is 12.6. The molecule has 102 valence electrons. The Labute approximate surface area is 123 Å². The summed E-state index contributed by atoms with van der Waals surface area (Å²) in [5, 5.41) is 0.803. The van der Waals surface area contributed by atoms with Crippen molar-refractivity contribution in [3.05, 3.63) is 56.2 Å². The summed E-state index contributed by atoms with van der Waals surface area (Å²) >= 11 is 8.22. The second kappa shape index (κ2) is 6.53. The van der Waals surface area contributed by atoms with Gasteiger partial charge in [0.2, 0.25) is 0 Å². The van der Waals surface area contributed by atoms with E-state index in [1.165, 1.54) is 9.75 Å².